The minimum Gasteiger partial charge on any atom is -0.462 e. The SMILES string of the molecule is CC(C)c1ccc(C(=S)C(CCOC(=O)/C=C/C(=O)ON2CCCCC2)OC(c2ccccc2)c2ccccc2)cc1. The molecule has 7 heteroatoms. The lowest BCUT2D eigenvalue weighted by molar-refractivity contribution is -0.188. The van der Waals surface area contributed by atoms with Gasteiger partial charge >= 0.3 is 11.9 Å². The van der Waals surface area contributed by atoms with Gasteiger partial charge in [-0.1, -0.05) is 117 Å². The van der Waals surface area contributed by atoms with Crippen LogP contribution in [0.15, 0.2) is 97.1 Å². The van der Waals surface area contributed by atoms with E-state index in [1.165, 1.54) is 5.56 Å². The van der Waals surface area contributed by atoms with Crippen molar-refractivity contribution < 1.29 is 23.9 Å². The topological polar surface area (TPSA) is 65.1 Å². The number of thiocarbonyl (C=S) groups is 1. The molecular weight excluding hydrogens is 546 g/mol. The Morgan fingerprint density at radius 1 is 0.786 bits per heavy atom. The van der Waals surface area contributed by atoms with Gasteiger partial charge in [0, 0.05) is 31.7 Å². The van der Waals surface area contributed by atoms with E-state index in [4.69, 9.17) is 26.5 Å². The zero-order valence-electron chi connectivity index (χ0n) is 24.3. The zero-order chi connectivity index (χ0) is 29.7. The first-order valence-corrected chi connectivity index (χ1v) is 15.0. The molecule has 1 saturated heterocycles. The number of benzene rings is 3. The van der Waals surface area contributed by atoms with E-state index >= 15 is 0 Å². The summed E-state index contributed by atoms with van der Waals surface area (Å²) in [4.78, 5) is 30.4. The largest absolute Gasteiger partial charge is 0.462 e. The fourth-order valence-corrected chi connectivity index (χ4v) is 5.12. The molecule has 0 N–H and O–H groups in total. The Morgan fingerprint density at radius 3 is 1.93 bits per heavy atom. The van der Waals surface area contributed by atoms with E-state index in [1.54, 1.807) is 5.06 Å². The van der Waals surface area contributed by atoms with E-state index in [9.17, 15) is 9.59 Å². The van der Waals surface area contributed by atoms with Gasteiger partial charge in [0.2, 0.25) is 0 Å². The van der Waals surface area contributed by atoms with Crippen molar-refractivity contribution in [2.45, 2.75) is 57.7 Å². The number of esters is 1. The molecule has 1 heterocycles. The van der Waals surface area contributed by atoms with Gasteiger partial charge in [0.15, 0.2) is 0 Å². The average Bonchev–Trinajstić information content (AvgIpc) is 3.02. The first kappa shape index (κ1) is 31.3. The lowest BCUT2D eigenvalue weighted by Crippen LogP contribution is -2.31. The molecule has 1 atom stereocenters. The quantitative estimate of drug-likeness (QED) is 0.0915. The minimum absolute atomic E-state index is 0.0650. The molecule has 0 spiro atoms. The second-order valence-electron chi connectivity index (χ2n) is 10.7. The van der Waals surface area contributed by atoms with Gasteiger partial charge in [-0.15, -0.1) is 5.06 Å². The van der Waals surface area contributed by atoms with Crippen molar-refractivity contribution in [3.8, 4) is 0 Å². The first-order valence-electron chi connectivity index (χ1n) is 14.6. The van der Waals surface area contributed by atoms with Crippen LogP contribution in [0.25, 0.3) is 0 Å². The lowest BCUT2D eigenvalue weighted by Gasteiger charge is -2.27. The molecule has 0 aliphatic carbocycles. The van der Waals surface area contributed by atoms with E-state index in [0.29, 0.717) is 30.3 Å². The number of carbonyl (C=O) groups is 2. The summed E-state index contributed by atoms with van der Waals surface area (Å²) in [5, 5.41) is 1.63. The Bertz CT molecular complexity index is 1280. The normalized spacial score (nSPS) is 14.7. The second kappa shape index (κ2) is 16.1. The molecule has 3 aromatic carbocycles. The first-order chi connectivity index (χ1) is 20.4. The molecule has 0 amide bonds. The summed E-state index contributed by atoms with van der Waals surface area (Å²) in [6.07, 6.45) is 4.77. The lowest BCUT2D eigenvalue weighted by atomic mass is 9.97. The van der Waals surface area contributed by atoms with Crippen LogP contribution in [0.5, 0.6) is 0 Å². The third kappa shape index (κ3) is 9.44. The van der Waals surface area contributed by atoms with E-state index in [-0.39, 0.29) is 12.7 Å². The van der Waals surface area contributed by atoms with Gasteiger partial charge < -0.3 is 14.3 Å². The number of nitrogens with zero attached hydrogens (tertiary/aromatic N) is 1. The summed E-state index contributed by atoms with van der Waals surface area (Å²) < 4.78 is 12.2. The maximum atomic E-state index is 12.4. The smallest absolute Gasteiger partial charge is 0.349 e. The summed E-state index contributed by atoms with van der Waals surface area (Å²) >= 11 is 5.97. The maximum absolute atomic E-state index is 12.4. The van der Waals surface area contributed by atoms with Gasteiger partial charge in [-0.05, 0) is 41.0 Å². The fourth-order valence-electron chi connectivity index (χ4n) is 4.81. The van der Waals surface area contributed by atoms with E-state index in [0.717, 1.165) is 48.1 Å². The Balaban J connectivity index is 1.46. The molecule has 1 aliphatic rings. The van der Waals surface area contributed by atoms with Crippen molar-refractivity contribution in [1.82, 2.24) is 5.06 Å². The van der Waals surface area contributed by atoms with E-state index in [1.807, 2.05) is 72.8 Å². The van der Waals surface area contributed by atoms with Crippen LogP contribution in [-0.4, -0.2) is 47.7 Å². The van der Waals surface area contributed by atoms with Crippen LogP contribution in [0.4, 0.5) is 0 Å². The van der Waals surface area contributed by atoms with Crippen LogP contribution < -0.4 is 0 Å². The van der Waals surface area contributed by atoms with E-state index in [2.05, 4.69) is 26.0 Å². The molecule has 42 heavy (non-hydrogen) atoms. The van der Waals surface area contributed by atoms with Crippen molar-refractivity contribution in [2.75, 3.05) is 19.7 Å². The molecule has 3 aromatic rings. The van der Waals surface area contributed by atoms with E-state index < -0.39 is 18.0 Å². The monoisotopic (exact) mass is 585 g/mol. The van der Waals surface area contributed by atoms with Crippen LogP contribution in [0, 0.1) is 0 Å². The van der Waals surface area contributed by atoms with Gasteiger partial charge in [-0.2, -0.15) is 0 Å². The molecule has 0 bridgehead atoms. The van der Waals surface area contributed by atoms with Crippen molar-refractivity contribution >= 4 is 29.0 Å². The highest BCUT2D eigenvalue weighted by molar-refractivity contribution is 7.81. The number of hydrogen-bond acceptors (Lipinski definition) is 7. The van der Waals surface area contributed by atoms with Crippen LogP contribution in [0.2, 0.25) is 0 Å². The molecule has 220 valence electrons. The standard InChI is InChI=1S/C35H39NO5S/c1-26(2)27-16-18-30(19-17-27)35(42)31(40-34(28-12-6-3-7-13-28)29-14-8-4-9-15-29)22-25-39-32(37)20-21-33(38)41-36-23-10-5-11-24-36/h3-4,6-9,12-21,26,31,34H,5,10-11,22-25H2,1-2H3/b21-20+. The average molecular weight is 586 g/mol. The molecular formula is C35H39NO5S. The Labute approximate surface area is 254 Å². The van der Waals surface area contributed by atoms with Crippen LogP contribution in [0.3, 0.4) is 0 Å². The molecule has 1 unspecified atom stereocenters. The summed E-state index contributed by atoms with van der Waals surface area (Å²) in [6, 6.07) is 28.2. The van der Waals surface area contributed by atoms with Gasteiger partial charge in [0.05, 0.1) is 17.6 Å². The highest BCUT2D eigenvalue weighted by atomic mass is 32.1. The Morgan fingerprint density at radius 2 is 1.36 bits per heavy atom. The Hall–Kier alpha value is -3.65. The molecule has 4 rings (SSSR count). The summed E-state index contributed by atoms with van der Waals surface area (Å²) in [5.41, 5.74) is 4.12. The number of piperidine rings is 1. The molecule has 1 fully saturated rings. The number of rotatable bonds is 13. The predicted molar refractivity (Wildman–Crippen MR) is 168 cm³/mol. The molecule has 1 aliphatic heterocycles. The van der Waals surface area contributed by atoms with Gasteiger partial charge in [-0.3, -0.25) is 0 Å². The van der Waals surface area contributed by atoms with Crippen molar-refractivity contribution in [3.05, 3.63) is 119 Å². The van der Waals surface area contributed by atoms with Gasteiger partial charge in [0.25, 0.3) is 0 Å². The maximum Gasteiger partial charge on any atom is 0.349 e. The molecule has 6 nitrogen and oxygen atoms in total. The predicted octanol–water partition coefficient (Wildman–Crippen LogP) is 7.14. The van der Waals surface area contributed by atoms with Gasteiger partial charge in [0.1, 0.15) is 6.10 Å². The number of hydroxylamine groups is 2. The summed E-state index contributed by atoms with van der Waals surface area (Å²) in [7, 11) is 0. The van der Waals surface area contributed by atoms with Crippen LogP contribution in [0.1, 0.15) is 73.8 Å². The summed E-state index contributed by atoms with van der Waals surface area (Å²) in [5.74, 6) is -0.807. The van der Waals surface area contributed by atoms with Crippen molar-refractivity contribution in [3.63, 3.8) is 0 Å². The zero-order valence-corrected chi connectivity index (χ0v) is 25.1. The van der Waals surface area contributed by atoms with Crippen molar-refractivity contribution in [2.24, 2.45) is 0 Å². The third-order valence-electron chi connectivity index (χ3n) is 7.17. The van der Waals surface area contributed by atoms with Crippen LogP contribution in [-0.2, 0) is 23.9 Å². The Kier molecular flexibility index (Phi) is 12.0. The van der Waals surface area contributed by atoms with Crippen LogP contribution >= 0.6 is 12.2 Å². The number of carbonyl (C=O) groups excluding carboxylic acids is 2. The molecule has 0 saturated carbocycles. The molecule has 0 radical (unpaired) electrons. The van der Waals surface area contributed by atoms with Gasteiger partial charge in [-0.25, -0.2) is 9.59 Å². The minimum atomic E-state index is -0.626. The highest BCUT2D eigenvalue weighted by Crippen LogP contribution is 2.29. The second-order valence-corrected chi connectivity index (χ2v) is 11.1. The fraction of sp³-hybridized carbons (Fsp3) is 0.343. The third-order valence-corrected chi connectivity index (χ3v) is 7.67. The number of ether oxygens (including phenoxy) is 2. The number of hydrogen-bond donors (Lipinski definition) is 0. The van der Waals surface area contributed by atoms with Crippen molar-refractivity contribution in [1.29, 1.82) is 0 Å². The highest BCUT2D eigenvalue weighted by Gasteiger charge is 2.25. The summed E-state index contributed by atoms with van der Waals surface area (Å²) in [6.45, 7) is 5.78. The molecule has 0 aromatic heterocycles.